The molecule has 0 N–H and O–H groups in total. The van der Waals surface area contributed by atoms with Gasteiger partial charge in [0.15, 0.2) is 6.29 Å². The molecule has 1 aliphatic rings. The number of rotatable bonds is 7. The van der Waals surface area contributed by atoms with Crippen LogP contribution >= 0.6 is 0 Å². The molecule has 1 fully saturated rings. The molecule has 0 bridgehead atoms. The molecular weight excluding hydrogens is 483 g/mol. The molecule has 1 heterocycles. The van der Waals surface area contributed by atoms with Gasteiger partial charge in [0.25, 0.3) is 0 Å². The van der Waals surface area contributed by atoms with Crippen LogP contribution in [0.4, 0.5) is 30.7 Å². The average molecular weight is 505 g/mol. The zero-order valence-corrected chi connectivity index (χ0v) is 18.5. The highest BCUT2D eigenvalue weighted by molar-refractivity contribution is 5.44. The molecule has 190 valence electrons. The molecule has 0 amide bonds. The number of carbonyl (C=O) groups excluding carboxylic acids is 1. The molecule has 0 radical (unpaired) electrons. The zero-order valence-electron chi connectivity index (χ0n) is 18.5. The lowest BCUT2D eigenvalue weighted by molar-refractivity contribution is -0.229. The molecule has 3 atom stereocenters. The van der Waals surface area contributed by atoms with Gasteiger partial charge >= 0.3 is 12.4 Å². The van der Waals surface area contributed by atoms with Gasteiger partial charge in [-0.2, -0.15) is 26.3 Å². The Bertz CT molecular complexity index is 1010. The number of benzene rings is 2. The van der Waals surface area contributed by atoms with Crippen molar-refractivity contribution in [1.82, 2.24) is 4.90 Å². The Morgan fingerprint density at radius 2 is 1.69 bits per heavy atom. The van der Waals surface area contributed by atoms with Crippen LogP contribution in [0.3, 0.4) is 0 Å². The van der Waals surface area contributed by atoms with Crippen LogP contribution in [0, 0.1) is 5.82 Å². The van der Waals surface area contributed by atoms with Gasteiger partial charge in [-0.15, -0.1) is 0 Å². The lowest BCUT2D eigenvalue weighted by Gasteiger charge is -2.42. The molecule has 1 saturated heterocycles. The zero-order chi connectivity index (χ0) is 25.8. The molecule has 1 aliphatic heterocycles. The SMILES string of the molecule is CC(OC1OCCN(CCC=C=O)C1c1ccc(F)cc1)c1cc(C(F)(F)F)cc(C(F)(F)F)c1. The number of hydrogen-bond donors (Lipinski definition) is 0. The Morgan fingerprint density at radius 1 is 1.09 bits per heavy atom. The van der Waals surface area contributed by atoms with Crippen molar-refractivity contribution in [2.24, 2.45) is 0 Å². The summed E-state index contributed by atoms with van der Waals surface area (Å²) in [6, 6.07) is 6.04. The Hall–Kier alpha value is -2.72. The maximum absolute atomic E-state index is 13.5. The smallest absolute Gasteiger partial charge is 0.349 e. The first-order valence-corrected chi connectivity index (χ1v) is 10.7. The highest BCUT2D eigenvalue weighted by atomic mass is 19.4. The van der Waals surface area contributed by atoms with E-state index in [-0.39, 0.29) is 18.2 Å². The van der Waals surface area contributed by atoms with E-state index < -0.39 is 47.7 Å². The van der Waals surface area contributed by atoms with Gasteiger partial charge in [-0.3, -0.25) is 4.90 Å². The first-order chi connectivity index (χ1) is 16.4. The summed E-state index contributed by atoms with van der Waals surface area (Å²) in [5.41, 5.74) is -2.65. The third-order valence-corrected chi connectivity index (χ3v) is 5.58. The average Bonchev–Trinajstić information content (AvgIpc) is 2.79. The number of ether oxygens (including phenoxy) is 2. The minimum Gasteiger partial charge on any atom is -0.349 e. The normalized spacial score (nSPS) is 20.3. The summed E-state index contributed by atoms with van der Waals surface area (Å²) >= 11 is 0. The molecule has 0 aromatic heterocycles. The molecule has 4 nitrogen and oxygen atoms in total. The summed E-state index contributed by atoms with van der Waals surface area (Å²) < 4.78 is 105. The molecular formula is C24H22F7NO3. The lowest BCUT2D eigenvalue weighted by Crippen LogP contribution is -2.47. The van der Waals surface area contributed by atoms with E-state index in [1.54, 1.807) is 5.94 Å². The number of hydrogen-bond acceptors (Lipinski definition) is 4. The van der Waals surface area contributed by atoms with Crippen molar-refractivity contribution in [1.29, 1.82) is 0 Å². The Kier molecular flexibility index (Phi) is 8.38. The van der Waals surface area contributed by atoms with E-state index in [1.807, 2.05) is 4.90 Å². The summed E-state index contributed by atoms with van der Waals surface area (Å²) in [5.74, 6) is 1.18. The van der Waals surface area contributed by atoms with Crippen molar-refractivity contribution in [3.8, 4) is 0 Å². The van der Waals surface area contributed by atoms with Crippen LogP contribution in [-0.2, 0) is 26.6 Å². The molecule has 0 aliphatic carbocycles. The Labute approximate surface area is 196 Å². The first-order valence-electron chi connectivity index (χ1n) is 10.7. The van der Waals surface area contributed by atoms with E-state index in [0.717, 1.165) is 0 Å². The van der Waals surface area contributed by atoms with E-state index in [9.17, 15) is 35.5 Å². The van der Waals surface area contributed by atoms with Gasteiger partial charge in [0, 0.05) is 19.2 Å². The predicted molar refractivity (Wildman–Crippen MR) is 111 cm³/mol. The number of morpholine rings is 1. The lowest BCUT2D eigenvalue weighted by atomic mass is 10.0. The Morgan fingerprint density at radius 3 is 2.23 bits per heavy atom. The predicted octanol–water partition coefficient (Wildman–Crippen LogP) is 6.12. The number of nitrogens with zero attached hydrogens (tertiary/aromatic N) is 1. The maximum atomic E-state index is 13.5. The third-order valence-electron chi connectivity index (χ3n) is 5.58. The second-order valence-corrected chi connectivity index (χ2v) is 8.00. The van der Waals surface area contributed by atoms with Crippen molar-refractivity contribution in [2.75, 3.05) is 19.7 Å². The van der Waals surface area contributed by atoms with Gasteiger partial charge in [0.2, 0.25) is 0 Å². The highest BCUT2D eigenvalue weighted by Crippen LogP contribution is 2.39. The molecule has 0 saturated carbocycles. The van der Waals surface area contributed by atoms with Crippen molar-refractivity contribution in [3.05, 3.63) is 76.6 Å². The van der Waals surface area contributed by atoms with E-state index >= 15 is 0 Å². The summed E-state index contributed by atoms with van der Waals surface area (Å²) in [6.07, 6.45) is -10.6. The first kappa shape index (κ1) is 26.9. The fourth-order valence-electron chi connectivity index (χ4n) is 3.86. The molecule has 2 aromatic carbocycles. The summed E-state index contributed by atoms with van der Waals surface area (Å²) in [4.78, 5) is 12.4. The van der Waals surface area contributed by atoms with Gasteiger partial charge < -0.3 is 9.47 Å². The van der Waals surface area contributed by atoms with Crippen LogP contribution < -0.4 is 0 Å². The monoisotopic (exact) mass is 505 g/mol. The van der Waals surface area contributed by atoms with Crippen molar-refractivity contribution in [2.45, 2.75) is 44.1 Å². The van der Waals surface area contributed by atoms with E-state index in [2.05, 4.69) is 0 Å². The molecule has 0 spiro atoms. The second-order valence-electron chi connectivity index (χ2n) is 8.00. The van der Waals surface area contributed by atoms with Gasteiger partial charge in [0.1, 0.15) is 11.8 Å². The van der Waals surface area contributed by atoms with Gasteiger partial charge in [-0.25, -0.2) is 9.18 Å². The summed E-state index contributed by atoms with van der Waals surface area (Å²) in [7, 11) is 0. The minimum absolute atomic E-state index is 0.0525. The van der Waals surface area contributed by atoms with Gasteiger partial charge in [-0.1, -0.05) is 12.1 Å². The van der Waals surface area contributed by atoms with Crippen LogP contribution in [0.15, 0.2) is 48.5 Å². The molecule has 35 heavy (non-hydrogen) atoms. The van der Waals surface area contributed by atoms with Crippen LogP contribution in [-0.4, -0.2) is 36.8 Å². The van der Waals surface area contributed by atoms with Crippen molar-refractivity contribution in [3.63, 3.8) is 0 Å². The van der Waals surface area contributed by atoms with Crippen LogP contribution in [0.2, 0.25) is 0 Å². The quantitative estimate of drug-likeness (QED) is 0.336. The fourth-order valence-corrected chi connectivity index (χ4v) is 3.86. The molecule has 3 unspecified atom stereocenters. The van der Waals surface area contributed by atoms with Crippen LogP contribution in [0.5, 0.6) is 0 Å². The van der Waals surface area contributed by atoms with Crippen molar-refractivity contribution >= 4 is 5.94 Å². The largest absolute Gasteiger partial charge is 0.416 e. The maximum Gasteiger partial charge on any atom is 0.416 e. The molecule has 11 heteroatoms. The van der Waals surface area contributed by atoms with E-state index in [0.29, 0.717) is 37.2 Å². The van der Waals surface area contributed by atoms with Gasteiger partial charge in [-0.05, 0) is 54.8 Å². The van der Waals surface area contributed by atoms with Gasteiger partial charge in [0.05, 0.1) is 29.9 Å². The van der Waals surface area contributed by atoms with E-state index in [4.69, 9.17) is 9.47 Å². The third kappa shape index (κ3) is 6.91. The fraction of sp³-hybridized carbons (Fsp3) is 0.417. The topological polar surface area (TPSA) is 38.8 Å². The minimum atomic E-state index is -4.99. The van der Waals surface area contributed by atoms with Crippen molar-refractivity contribution < 1.29 is 45.0 Å². The van der Waals surface area contributed by atoms with Crippen LogP contribution in [0.1, 0.15) is 47.7 Å². The summed E-state index contributed by atoms with van der Waals surface area (Å²) in [6.45, 7) is 2.27. The number of halogens is 7. The second kappa shape index (κ2) is 10.9. The van der Waals surface area contributed by atoms with Crippen LogP contribution in [0.25, 0.3) is 0 Å². The molecule has 2 aromatic rings. The summed E-state index contributed by atoms with van der Waals surface area (Å²) in [5, 5.41) is 0. The molecule has 3 rings (SSSR count). The highest BCUT2D eigenvalue weighted by Gasteiger charge is 2.39. The Balaban J connectivity index is 1.93. The number of alkyl halides is 6. The standard InChI is InChI=1S/C24H22F7NO3/c1-15(17-12-18(23(26,27)28)14-19(13-17)24(29,30)31)35-22-21(16-4-6-20(25)7-5-16)32(9-11-34-22)8-2-3-10-33/h3-7,12-15,21-22H,2,8-9,11H2,1H3. The van der Waals surface area contributed by atoms with E-state index in [1.165, 1.54) is 37.3 Å².